The number of benzene rings is 1. The molecule has 0 spiro atoms. The standard InChI is InChI=1S/C10H9FOS/c1-2-6-5-8(11)10-7(9(6)12)3-4-13-10/h3-5,12H,2H2,1H3. The summed E-state index contributed by atoms with van der Waals surface area (Å²) in [4.78, 5) is 0. The maximum absolute atomic E-state index is 13.3. The fraction of sp³-hybridized carbons (Fsp3) is 0.200. The number of hydrogen-bond donors (Lipinski definition) is 1. The van der Waals surface area contributed by atoms with Crippen molar-refractivity contribution in [1.29, 1.82) is 0 Å². The first-order valence-corrected chi connectivity index (χ1v) is 4.99. The summed E-state index contributed by atoms with van der Waals surface area (Å²) in [5.74, 6) is -0.0141. The van der Waals surface area contributed by atoms with Crippen LogP contribution in [0.1, 0.15) is 12.5 Å². The van der Waals surface area contributed by atoms with Crippen molar-refractivity contribution in [2.24, 2.45) is 0 Å². The second kappa shape index (κ2) is 3.00. The van der Waals surface area contributed by atoms with E-state index in [1.54, 1.807) is 11.4 Å². The lowest BCUT2D eigenvalue weighted by molar-refractivity contribution is 0.474. The third-order valence-corrected chi connectivity index (χ3v) is 3.05. The molecule has 2 aromatic rings. The van der Waals surface area contributed by atoms with E-state index in [0.29, 0.717) is 22.1 Å². The molecule has 0 unspecified atom stereocenters. The van der Waals surface area contributed by atoms with Gasteiger partial charge >= 0.3 is 0 Å². The largest absolute Gasteiger partial charge is 0.507 e. The Kier molecular flexibility index (Phi) is 1.96. The van der Waals surface area contributed by atoms with Gasteiger partial charge in [0.15, 0.2) is 0 Å². The molecule has 0 aliphatic rings. The summed E-state index contributed by atoms with van der Waals surface area (Å²) in [6, 6.07) is 3.16. The zero-order chi connectivity index (χ0) is 9.42. The second-order valence-electron chi connectivity index (χ2n) is 2.88. The highest BCUT2D eigenvalue weighted by Gasteiger charge is 2.10. The minimum Gasteiger partial charge on any atom is -0.507 e. The first-order valence-electron chi connectivity index (χ1n) is 4.11. The van der Waals surface area contributed by atoms with Crippen LogP contribution in [0.25, 0.3) is 10.1 Å². The molecule has 1 aromatic heterocycles. The van der Waals surface area contributed by atoms with Crippen molar-refractivity contribution in [1.82, 2.24) is 0 Å². The quantitative estimate of drug-likeness (QED) is 0.741. The van der Waals surface area contributed by atoms with E-state index in [-0.39, 0.29) is 11.6 Å². The Morgan fingerprint density at radius 1 is 1.54 bits per heavy atom. The van der Waals surface area contributed by atoms with Crippen LogP contribution in [0.5, 0.6) is 5.75 Å². The van der Waals surface area contributed by atoms with Crippen LogP contribution in [0.15, 0.2) is 17.5 Å². The van der Waals surface area contributed by atoms with E-state index < -0.39 is 0 Å². The molecule has 0 fully saturated rings. The van der Waals surface area contributed by atoms with Crippen molar-refractivity contribution >= 4 is 21.4 Å². The van der Waals surface area contributed by atoms with Crippen molar-refractivity contribution in [3.05, 3.63) is 28.9 Å². The van der Waals surface area contributed by atoms with E-state index in [1.807, 2.05) is 6.92 Å². The molecular weight excluding hydrogens is 187 g/mol. The average molecular weight is 196 g/mol. The van der Waals surface area contributed by atoms with Crippen LogP contribution in [0.2, 0.25) is 0 Å². The average Bonchev–Trinajstić information content (AvgIpc) is 2.60. The summed E-state index contributed by atoms with van der Waals surface area (Å²) >= 11 is 1.31. The van der Waals surface area contributed by atoms with E-state index in [1.165, 1.54) is 17.4 Å². The molecule has 68 valence electrons. The number of rotatable bonds is 1. The monoisotopic (exact) mass is 196 g/mol. The predicted octanol–water partition coefficient (Wildman–Crippen LogP) is 3.31. The normalized spacial score (nSPS) is 10.9. The number of aromatic hydroxyl groups is 1. The molecule has 0 aliphatic carbocycles. The molecule has 1 aromatic carbocycles. The van der Waals surface area contributed by atoms with E-state index in [2.05, 4.69) is 0 Å². The van der Waals surface area contributed by atoms with Crippen molar-refractivity contribution in [2.75, 3.05) is 0 Å². The van der Waals surface area contributed by atoms with Gasteiger partial charge in [0.25, 0.3) is 0 Å². The smallest absolute Gasteiger partial charge is 0.141 e. The molecule has 0 amide bonds. The second-order valence-corrected chi connectivity index (χ2v) is 3.80. The zero-order valence-electron chi connectivity index (χ0n) is 7.17. The van der Waals surface area contributed by atoms with Crippen LogP contribution in [-0.4, -0.2) is 5.11 Å². The number of fused-ring (bicyclic) bond motifs is 1. The lowest BCUT2D eigenvalue weighted by Crippen LogP contribution is -1.84. The molecule has 0 bridgehead atoms. The van der Waals surface area contributed by atoms with Crippen molar-refractivity contribution in [2.45, 2.75) is 13.3 Å². The summed E-state index contributed by atoms with van der Waals surface area (Å²) in [5, 5.41) is 12.1. The third-order valence-electron chi connectivity index (χ3n) is 2.12. The lowest BCUT2D eigenvalue weighted by Gasteiger charge is -2.03. The molecule has 0 saturated carbocycles. The molecule has 1 N–H and O–H groups in total. The van der Waals surface area contributed by atoms with E-state index in [9.17, 15) is 9.50 Å². The molecular formula is C10H9FOS. The van der Waals surface area contributed by atoms with Gasteiger partial charge in [-0.25, -0.2) is 4.39 Å². The van der Waals surface area contributed by atoms with Gasteiger partial charge in [-0.1, -0.05) is 6.92 Å². The van der Waals surface area contributed by atoms with Crippen LogP contribution >= 0.6 is 11.3 Å². The molecule has 0 radical (unpaired) electrons. The highest BCUT2D eigenvalue weighted by atomic mass is 32.1. The minimum atomic E-state index is -0.236. The number of aryl methyl sites for hydroxylation is 1. The predicted molar refractivity (Wildman–Crippen MR) is 52.8 cm³/mol. The Labute approximate surface area is 79.4 Å². The van der Waals surface area contributed by atoms with Crippen LogP contribution in [0, 0.1) is 5.82 Å². The molecule has 0 atom stereocenters. The molecule has 1 nitrogen and oxygen atoms in total. The van der Waals surface area contributed by atoms with E-state index in [4.69, 9.17) is 0 Å². The highest BCUT2D eigenvalue weighted by Crippen LogP contribution is 2.34. The van der Waals surface area contributed by atoms with Gasteiger partial charge in [-0.3, -0.25) is 0 Å². The SMILES string of the molecule is CCc1cc(F)c2sccc2c1O. The van der Waals surface area contributed by atoms with Gasteiger partial charge in [-0.15, -0.1) is 11.3 Å². The van der Waals surface area contributed by atoms with Gasteiger partial charge in [-0.05, 0) is 29.5 Å². The van der Waals surface area contributed by atoms with Crippen LogP contribution < -0.4 is 0 Å². The Hall–Kier alpha value is -1.09. The molecule has 0 saturated heterocycles. The first-order chi connectivity index (χ1) is 6.24. The Morgan fingerprint density at radius 3 is 3.00 bits per heavy atom. The number of halogens is 1. The molecule has 3 heteroatoms. The number of hydrogen-bond acceptors (Lipinski definition) is 2. The number of phenols is 1. The summed E-state index contributed by atoms with van der Waals surface area (Å²) in [6.07, 6.45) is 0.647. The fourth-order valence-corrected chi connectivity index (χ4v) is 2.21. The number of phenolic OH excluding ortho intramolecular Hbond substituents is 1. The van der Waals surface area contributed by atoms with Gasteiger partial charge in [0.2, 0.25) is 0 Å². The summed E-state index contributed by atoms with van der Waals surface area (Å²) in [6.45, 7) is 1.90. The van der Waals surface area contributed by atoms with Crippen molar-refractivity contribution in [3.63, 3.8) is 0 Å². The third kappa shape index (κ3) is 1.20. The summed E-state index contributed by atoms with van der Waals surface area (Å²) < 4.78 is 13.9. The van der Waals surface area contributed by atoms with E-state index >= 15 is 0 Å². The lowest BCUT2D eigenvalue weighted by atomic mass is 10.1. The maximum Gasteiger partial charge on any atom is 0.141 e. The Morgan fingerprint density at radius 2 is 2.31 bits per heavy atom. The summed E-state index contributed by atoms with van der Waals surface area (Å²) in [5.41, 5.74) is 0.670. The molecule has 2 rings (SSSR count). The summed E-state index contributed by atoms with van der Waals surface area (Å²) in [7, 11) is 0. The van der Waals surface area contributed by atoms with Crippen LogP contribution in [-0.2, 0) is 6.42 Å². The van der Waals surface area contributed by atoms with Gasteiger partial charge in [0, 0.05) is 5.39 Å². The molecule has 1 heterocycles. The van der Waals surface area contributed by atoms with Crippen molar-refractivity contribution in [3.8, 4) is 5.75 Å². The zero-order valence-corrected chi connectivity index (χ0v) is 7.99. The first kappa shape index (κ1) is 8.51. The Bertz CT molecular complexity index is 447. The number of thiophene rings is 1. The van der Waals surface area contributed by atoms with Crippen LogP contribution in [0.4, 0.5) is 4.39 Å². The van der Waals surface area contributed by atoms with Gasteiger partial charge in [-0.2, -0.15) is 0 Å². The fourth-order valence-electron chi connectivity index (χ4n) is 1.41. The van der Waals surface area contributed by atoms with E-state index in [0.717, 1.165) is 0 Å². The van der Waals surface area contributed by atoms with Gasteiger partial charge in [0.05, 0.1) is 4.70 Å². The topological polar surface area (TPSA) is 20.2 Å². The maximum atomic E-state index is 13.3. The van der Waals surface area contributed by atoms with Crippen molar-refractivity contribution < 1.29 is 9.50 Å². The van der Waals surface area contributed by atoms with Crippen LogP contribution in [0.3, 0.4) is 0 Å². The Balaban J connectivity index is 2.85. The van der Waals surface area contributed by atoms with Gasteiger partial charge in [0.1, 0.15) is 11.6 Å². The highest BCUT2D eigenvalue weighted by molar-refractivity contribution is 7.17. The van der Waals surface area contributed by atoms with Gasteiger partial charge < -0.3 is 5.11 Å². The minimum absolute atomic E-state index is 0.222. The molecule has 13 heavy (non-hydrogen) atoms. The molecule has 0 aliphatic heterocycles.